The Morgan fingerprint density at radius 2 is 2.11 bits per heavy atom. The van der Waals surface area contributed by atoms with Crippen LogP contribution < -0.4 is 4.74 Å². The summed E-state index contributed by atoms with van der Waals surface area (Å²) >= 11 is 0. The summed E-state index contributed by atoms with van der Waals surface area (Å²) in [7, 11) is 5.85. The molecule has 28 heavy (non-hydrogen) atoms. The van der Waals surface area contributed by atoms with E-state index in [1.165, 1.54) is 11.1 Å². The van der Waals surface area contributed by atoms with E-state index in [1.54, 1.807) is 20.3 Å². The SMILES string of the molecule is CO[C@H](C)[C@@H]1CC23C=C[C@]1(OC)[C@H]1Oc4c(O)ccc5c4C12CCN(C)C3C5. The van der Waals surface area contributed by atoms with Crippen LogP contribution in [0.5, 0.6) is 11.5 Å². The molecule has 4 bridgehead atoms. The molecule has 7 rings (SSSR count). The van der Waals surface area contributed by atoms with Gasteiger partial charge in [-0.15, -0.1) is 0 Å². The van der Waals surface area contributed by atoms with E-state index in [2.05, 4.69) is 37.1 Å². The maximum Gasteiger partial charge on any atom is 0.165 e. The van der Waals surface area contributed by atoms with Crippen molar-refractivity contribution >= 4 is 0 Å². The van der Waals surface area contributed by atoms with Crippen LogP contribution in [0.25, 0.3) is 0 Å². The van der Waals surface area contributed by atoms with Gasteiger partial charge in [0.05, 0.1) is 11.5 Å². The van der Waals surface area contributed by atoms with E-state index in [-0.39, 0.29) is 34.7 Å². The van der Waals surface area contributed by atoms with Crippen LogP contribution >= 0.6 is 0 Å². The van der Waals surface area contributed by atoms with Gasteiger partial charge in [0, 0.05) is 37.2 Å². The van der Waals surface area contributed by atoms with Gasteiger partial charge >= 0.3 is 0 Å². The van der Waals surface area contributed by atoms with E-state index in [4.69, 9.17) is 14.2 Å². The fourth-order valence-corrected chi connectivity index (χ4v) is 7.81. The molecule has 1 aromatic rings. The van der Waals surface area contributed by atoms with Crippen molar-refractivity contribution in [3.8, 4) is 11.5 Å². The Labute approximate surface area is 166 Å². The lowest BCUT2D eigenvalue weighted by Crippen LogP contribution is -2.79. The van der Waals surface area contributed by atoms with Crippen molar-refractivity contribution in [2.45, 2.75) is 55.5 Å². The molecule has 5 nitrogen and oxygen atoms in total. The molecule has 0 aromatic heterocycles. The molecule has 3 unspecified atom stereocenters. The Bertz CT molecular complexity index is 899. The largest absolute Gasteiger partial charge is 0.504 e. The number of ether oxygens (including phenoxy) is 3. The minimum Gasteiger partial charge on any atom is -0.504 e. The molecule has 0 radical (unpaired) electrons. The molecule has 2 spiro atoms. The number of nitrogens with zero attached hydrogens (tertiary/aromatic N) is 1. The Kier molecular flexibility index (Phi) is 3.17. The molecule has 1 aromatic carbocycles. The average molecular weight is 383 g/mol. The third-order valence-electron chi connectivity index (χ3n) is 9.06. The number of fused-ring (bicyclic) bond motifs is 1. The topological polar surface area (TPSA) is 51.2 Å². The van der Waals surface area contributed by atoms with E-state index in [0.29, 0.717) is 11.8 Å². The molecular weight excluding hydrogens is 354 g/mol. The number of aromatic hydroxyl groups is 1. The first-order valence-corrected chi connectivity index (χ1v) is 10.5. The molecule has 2 heterocycles. The van der Waals surface area contributed by atoms with E-state index >= 15 is 0 Å². The van der Waals surface area contributed by atoms with Crippen molar-refractivity contribution in [2.24, 2.45) is 11.3 Å². The molecular formula is C23H29NO4. The van der Waals surface area contributed by atoms with Crippen molar-refractivity contribution in [1.29, 1.82) is 0 Å². The zero-order valence-corrected chi connectivity index (χ0v) is 17.1. The van der Waals surface area contributed by atoms with Crippen LogP contribution in [0.2, 0.25) is 0 Å². The summed E-state index contributed by atoms with van der Waals surface area (Å²) in [5.41, 5.74) is 1.89. The summed E-state index contributed by atoms with van der Waals surface area (Å²) < 4.78 is 18.9. The van der Waals surface area contributed by atoms with Crippen LogP contribution in [0.4, 0.5) is 0 Å². The Morgan fingerprint density at radius 1 is 1.29 bits per heavy atom. The molecule has 150 valence electrons. The lowest BCUT2D eigenvalue weighted by atomic mass is 9.37. The minimum absolute atomic E-state index is 0.0194. The summed E-state index contributed by atoms with van der Waals surface area (Å²) in [6.45, 7) is 3.19. The maximum atomic E-state index is 10.7. The van der Waals surface area contributed by atoms with Crippen molar-refractivity contribution in [3.05, 3.63) is 35.4 Å². The van der Waals surface area contributed by atoms with Crippen molar-refractivity contribution in [2.75, 3.05) is 27.8 Å². The first kappa shape index (κ1) is 17.3. The third kappa shape index (κ3) is 1.54. The number of rotatable bonds is 3. The molecule has 1 saturated carbocycles. The number of likely N-dealkylation sites (N-methyl/N-ethyl adjacent to an activating group) is 1. The monoisotopic (exact) mass is 383 g/mol. The highest BCUT2D eigenvalue weighted by atomic mass is 16.6. The quantitative estimate of drug-likeness (QED) is 0.814. The number of hydrogen-bond donors (Lipinski definition) is 1. The first-order valence-electron chi connectivity index (χ1n) is 10.5. The van der Waals surface area contributed by atoms with Crippen LogP contribution in [0.15, 0.2) is 24.3 Å². The molecule has 6 aliphatic rings. The second-order valence-corrected chi connectivity index (χ2v) is 9.55. The van der Waals surface area contributed by atoms with Crippen LogP contribution in [0.1, 0.15) is 30.9 Å². The Balaban J connectivity index is 1.69. The average Bonchev–Trinajstić information content (AvgIpc) is 3.09. The summed E-state index contributed by atoms with van der Waals surface area (Å²) in [6.07, 6.45) is 7.71. The molecule has 7 atom stereocenters. The predicted molar refractivity (Wildman–Crippen MR) is 105 cm³/mol. The number of phenolic OH excluding ortho intramolecular Hbond substituents is 1. The van der Waals surface area contributed by atoms with Crippen LogP contribution in [-0.2, 0) is 21.3 Å². The number of hydrogen-bond acceptors (Lipinski definition) is 5. The van der Waals surface area contributed by atoms with Crippen molar-refractivity contribution in [1.82, 2.24) is 4.90 Å². The molecule has 5 heteroatoms. The van der Waals surface area contributed by atoms with Gasteiger partial charge < -0.3 is 24.2 Å². The van der Waals surface area contributed by atoms with Crippen molar-refractivity contribution < 1.29 is 19.3 Å². The smallest absolute Gasteiger partial charge is 0.165 e. The van der Waals surface area contributed by atoms with Crippen LogP contribution in [-0.4, -0.2) is 61.7 Å². The number of benzene rings is 1. The zero-order valence-electron chi connectivity index (χ0n) is 17.1. The molecule has 2 fully saturated rings. The van der Waals surface area contributed by atoms with Gasteiger partial charge in [-0.1, -0.05) is 18.2 Å². The van der Waals surface area contributed by atoms with Crippen LogP contribution in [0, 0.1) is 11.3 Å². The maximum absolute atomic E-state index is 10.7. The van der Waals surface area contributed by atoms with Gasteiger partial charge in [-0.3, -0.25) is 0 Å². The van der Waals surface area contributed by atoms with Gasteiger partial charge in [0.15, 0.2) is 11.5 Å². The second-order valence-electron chi connectivity index (χ2n) is 9.55. The van der Waals surface area contributed by atoms with E-state index in [1.807, 2.05) is 0 Å². The number of likely N-dealkylation sites (tertiary alicyclic amines) is 1. The normalized spacial score (nSPS) is 45.6. The highest BCUT2D eigenvalue weighted by molar-refractivity contribution is 5.65. The second kappa shape index (κ2) is 5.13. The summed E-state index contributed by atoms with van der Waals surface area (Å²) in [5, 5.41) is 10.7. The molecule has 1 N–H and O–H groups in total. The molecule has 4 aliphatic carbocycles. The first-order chi connectivity index (χ1) is 13.4. The number of phenols is 1. The zero-order chi connectivity index (χ0) is 19.5. The van der Waals surface area contributed by atoms with E-state index in [9.17, 15) is 5.11 Å². The van der Waals surface area contributed by atoms with Gasteiger partial charge in [0.2, 0.25) is 0 Å². The van der Waals surface area contributed by atoms with Gasteiger partial charge in [0.1, 0.15) is 11.7 Å². The van der Waals surface area contributed by atoms with E-state index < -0.39 is 5.60 Å². The highest BCUT2D eigenvalue weighted by Gasteiger charge is 2.79. The molecule has 0 amide bonds. The van der Waals surface area contributed by atoms with Crippen molar-refractivity contribution in [3.63, 3.8) is 0 Å². The lowest BCUT2D eigenvalue weighted by Gasteiger charge is -2.71. The standard InChI is InChI=1S/C23H29NO4/c1-13(26-3)15-12-21-7-8-23(15,27-4)20-22(21)9-10-24(2)17(21)11-14-5-6-16(25)19(28-20)18(14)22/h5-8,13,15,17,20,25H,9-12H2,1-4H3/t13-,15+,17?,20+,21?,22?,23-/m1/s1. The van der Waals surface area contributed by atoms with Gasteiger partial charge in [-0.2, -0.15) is 0 Å². The molecule has 1 saturated heterocycles. The lowest BCUT2D eigenvalue weighted by molar-refractivity contribution is -0.231. The highest BCUT2D eigenvalue weighted by Crippen LogP contribution is 2.74. The predicted octanol–water partition coefficient (Wildman–Crippen LogP) is 2.65. The number of piperidine rings is 1. The summed E-state index contributed by atoms with van der Waals surface area (Å²) in [5.74, 6) is 1.17. The van der Waals surface area contributed by atoms with Gasteiger partial charge in [-0.05, 0) is 51.4 Å². The van der Waals surface area contributed by atoms with Gasteiger partial charge in [-0.25, -0.2) is 0 Å². The minimum atomic E-state index is -0.544. The number of methoxy groups -OCH3 is 2. The summed E-state index contributed by atoms with van der Waals surface area (Å²) in [4.78, 5) is 2.54. The van der Waals surface area contributed by atoms with Crippen LogP contribution in [0.3, 0.4) is 0 Å². The van der Waals surface area contributed by atoms with Gasteiger partial charge in [0.25, 0.3) is 0 Å². The fourth-order valence-electron chi connectivity index (χ4n) is 7.81. The fraction of sp³-hybridized carbons (Fsp3) is 0.652. The Hall–Kier alpha value is -1.56. The van der Waals surface area contributed by atoms with E-state index in [0.717, 1.165) is 25.8 Å². The molecule has 2 aliphatic heterocycles. The summed E-state index contributed by atoms with van der Waals surface area (Å²) in [6, 6.07) is 4.34. The third-order valence-corrected chi connectivity index (χ3v) is 9.06. The Morgan fingerprint density at radius 3 is 2.86 bits per heavy atom.